The molecule has 0 saturated carbocycles. The number of aromatic nitrogens is 1. The van der Waals surface area contributed by atoms with E-state index in [2.05, 4.69) is 20.9 Å². The van der Waals surface area contributed by atoms with Crippen LogP contribution in [0.15, 0.2) is 68.0 Å². The number of phenolic OH excluding ortho intramolecular Hbond substituents is 1. The number of benzene rings is 2. The lowest BCUT2D eigenvalue weighted by Crippen LogP contribution is -2.39. The topological polar surface area (TPSA) is 84.1 Å². The molecule has 34 heavy (non-hydrogen) atoms. The number of carbonyl (C=O) groups excluding carboxylic acids is 1. The second-order valence-corrected chi connectivity index (χ2v) is 9.92. The van der Waals surface area contributed by atoms with Gasteiger partial charge in [0.05, 0.1) is 28.5 Å². The molecule has 7 nitrogen and oxygen atoms in total. The van der Waals surface area contributed by atoms with Crippen molar-refractivity contribution in [2.75, 3.05) is 25.6 Å². The van der Waals surface area contributed by atoms with Gasteiger partial charge in [-0.2, -0.15) is 0 Å². The summed E-state index contributed by atoms with van der Waals surface area (Å²) >= 11 is 4.61. The second-order valence-electron chi connectivity index (χ2n) is 7.99. The molecule has 1 aliphatic rings. The fourth-order valence-corrected chi connectivity index (χ4v) is 5.26. The average Bonchev–Trinajstić information content (AvgIpc) is 3.10. The number of ether oxygens (including phenoxy) is 1. The lowest BCUT2D eigenvalue weighted by atomic mass is 9.95. The van der Waals surface area contributed by atoms with Crippen LogP contribution in [0.2, 0.25) is 0 Å². The molecule has 0 spiro atoms. The van der Waals surface area contributed by atoms with Crippen molar-refractivity contribution in [1.82, 2.24) is 4.57 Å². The first-order chi connectivity index (χ1) is 16.2. The zero-order valence-corrected chi connectivity index (χ0v) is 21.6. The third-order valence-corrected chi connectivity index (χ3v) is 6.99. The van der Waals surface area contributed by atoms with Gasteiger partial charge in [0, 0.05) is 29.8 Å². The summed E-state index contributed by atoms with van der Waals surface area (Å²) in [5.74, 6) is -0.433. The van der Waals surface area contributed by atoms with E-state index in [1.807, 2.05) is 43.3 Å². The summed E-state index contributed by atoms with van der Waals surface area (Å²) in [5, 5.41) is 10.3. The Morgan fingerprint density at radius 1 is 1.26 bits per heavy atom. The number of fused-ring (bicyclic) bond motifs is 1. The summed E-state index contributed by atoms with van der Waals surface area (Å²) in [5.41, 5.74) is 2.84. The van der Waals surface area contributed by atoms with E-state index in [9.17, 15) is 14.7 Å². The van der Waals surface area contributed by atoms with Crippen molar-refractivity contribution in [1.29, 1.82) is 0 Å². The Labute approximate surface area is 209 Å². The number of esters is 1. The molecule has 0 fully saturated rings. The van der Waals surface area contributed by atoms with E-state index in [1.165, 1.54) is 15.9 Å². The van der Waals surface area contributed by atoms with Crippen molar-refractivity contribution in [2.45, 2.75) is 19.9 Å². The van der Waals surface area contributed by atoms with Crippen LogP contribution in [0.4, 0.5) is 5.69 Å². The van der Waals surface area contributed by atoms with E-state index in [4.69, 9.17) is 4.74 Å². The molecular formula is C25H24BrN3O4S. The number of hydrogen-bond acceptors (Lipinski definition) is 7. The monoisotopic (exact) mass is 541 g/mol. The molecular weight excluding hydrogens is 518 g/mol. The number of anilines is 1. The number of nitrogens with zero attached hydrogens (tertiary/aromatic N) is 3. The molecule has 0 unspecified atom stereocenters. The average molecular weight is 542 g/mol. The quantitative estimate of drug-likeness (QED) is 0.501. The Kier molecular flexibility index (Phi) is 6.77. The van der Waals surface area contributed by atoms with E-state index < -0.39 is 12.0 Å². The molecule has 4 rings (SSSR count). The zero-order chi connectivity index (χ0) is 24.6. The second kappa shape index (κ2) is 9.60. The summed E-state index contributed by atoms with van der Waals surface area (Å²) < 4.78 is 8.05. The van der Waals surface area contributed by atoms with Crippen LogP contribution in [0.1, 0.15) is 31.0 Å². The maximum absolute atomic E-state index is 13.6. The smallest absolute Gasteiger partial charge is 0.338 e. The van der Waals surface area contributed by atoms with Crippen LogP contribution in [0.25, 0.3) is 6.08 Å². The molecule has 2 aromatic carbocycles. The molecule has 0 amide bonds. The summed E-state index contributed by atoms with van der Waals surface area (Å²) in [6.07, 6.45) is 1.64. The summed E-state index contributed by atoms with van der Waals surface area (Å²) in [6, 6.07) is 12.1. The predicted octanol–water partition coefficient (Wildman–Crippen LogP) is 3.33. The van der Waals surface area contributed by atoms with Crippen LogP contribution >= 0.6 is 27.3 Å². The number of halogens is 1. The minimum absolute atomic E-state index is 0.0632. The van der Waals surface area contributed by atoms with E-state index >= 15 is 0 Å². The van der Waals surface area contributed by atoms with Crippen molar-refractivity contribution >= 4 is 45.0 Å². The van der Waals surface area contributed by atoms with Crippen molar-refractivity contribution in [3.05, 3.63) is 89.0 Å². The molecule has 0 bridgehead atoms. The highest BCUT2D eigenvalue weighted by Gasteiger charge is 2.33. The number of phenols is 1. The van der Waals surface area contributed by atoms with Gasteiger partial charge in [-0.1, -0.05) is 39.4 Å². The van der Waals surface area contributed by atoms with Gasteiger partial charge in [0.1, 0.15) is 5.75 Å². The van der Waals surface area contributed by atoms with Crippen molar-refractivity contribution in [3.63, 3.8) is 0 Å². The Bertz CT molecular complexity index is 1470. The van der Waals surface area contributed by atoms with Gasteiger partial charge in [0.25, 0.3) is 5.56 Å². The van der Waals surface area contributed by atoms with E-state index in [0.717, 1.165) is 15.7 Å². The number of aromatic hydroxyl groups is 1. The first-order valence-corrected chi connectivity index (χ1v) is 12.3. The largest absolute Gasteiger partial charge is 0.507 e. The maximum Gasteiger partial charge on any atom is 0.338 e. The Morgan fingerprint density at radius 3 is 2.62 bits per heavy atom. The summed E-state index contributed by atoms with van der Waals surface area (Å²) in [6.45, 7) is 3.72. The summed E-state index contributed by atoms with van der Waals surface area (Å²) in [4.78, 5) is 33.6. The lowest BCUT2D eigenvalue weighted by Gasteiger charge is -2.25. The van der Waals surface area contributed by atoms with Crippen molar-refractivity contribution < 1.29 is 14.6 Å². The van der Waals surface area contributed by atoms with Crippen LogP contribution in [0, 0.1) is 0 Å². The van der Waals surface area contributed by atoms with Crippen LogP contribution < -0.4 is 19.8 Å². The molecule has 0 radical (unpaired) electrons. The Balaban J connectivity index is 1.95. The van der Waals surface area contributed by atoms with Crippen LogP contribution in [0.3, 0.4) is 0 Å². The number of thiazole rings is 1. The minimum atomic E-state index is -0.676. The predicted molar refractivity (Wildman–Crippen MR) is 137 cm³/mol. The fourth-order valence-electron chi connectivity index (χ4n) is 3.84. The first-order valence-electron chi connectivity index (χ1n) is 10.7. The van der Waals surface area contributed by atoms with Gasteiger partial charge in [0.2, 0.25) is 0 Å². The molecule has 2 heterocycles. The highest BCUT2D eigenvalue weighted by molar-refractivity contribution is 9.10. The normalized spacial score (nSPS) is 15.7. The fraction of sp³-hybridized carbons (Fsp3) is 0.240. The summed E-state index contributed by atoms with van der Waals surface area (Å²) in [7, 11) is 3.90. The highest BCUT2D eigenvalue weighted by atomic mass is 79.9. The number of hydrogen-bond donors (Lipinski definition) is 1. The molecule has 0 saturated heterocycles. The van der Waals surface area contributed by atoms with E-state index in [0.29, 0.717) is 26.2 Å². The number of allylic oxidation sites excluding steroid dienone is 1. The lowest BCUT2D eigenvalue weighted by molar-refractivity contribution is -0.139. The molecule has 1 aromatic heterocycles. The van der Waals surface area contributed by atoms with Gasteiger partial charge < -0.3 is 14.7 Å². The van der Waals surface area contributed by atoms with Gasteiger partial charge in [-0.05, 0) is 55.8 Å². The molecule has 9 heteroatoms. The molecule has 1 N–H and O–H groups in total. The molecule has 1 atom stereocenters. The van der Waals surface area contributed by atoms with Gasteiger partial charge in [-0.25, -0.2) is 9.79 Å². The van der Waals surface area contributed by atoms with E-state index in [-0.39, 0.29) is 17.9 Å². The molecule has 0 aliphatic carbocycles. The first kappa shape index (κ1) is 24.0. The zero-order valence-electron chi connectivity index (χ0n) is 19.2. The minimum Gasteiger partial charge on any atom is -0.507 e. The number of rotatable bonds is 5. The van der Waals surface area contributed by atoms with Crippen molar-refractivity contribution in [3.8, 4) is 5.75 Å². The van der Waals surface area contributed by atoms with Crippen LogP contribution in [-0.2, 0) is 9.53 Å². The van der Waals surface area contributed by atoms with Crippen LogP contribution in [0.5, 0.6) is 5.75 Å². The highest BCUT2D eigenvalue weighted by Crippen LogP contribution is 2.31. The molecule has 3 aromatic rings. The molecule has 176 valence electrons. The third-order valence-electron chi connectivity index (χ3n) is 5.52. The molecule has 1 aliphatic heterocycles. The number of carbonyl (C=O) groups is 1. The van der Waals surface area contributed by atoms with Gasteiger partial charge in [0.15, 0.2) is 4.80 Å². The van der Waals surface area contributed by atoms with Crippen LogP contribution in [-0.4, -0.2) is 36.3 Å². The Morgan fingerprint density at radius 2 is 1.97 bits per heavy atom. The Hall–Kier alpha value is -3.17. The standard InChI is InChI=1S/C25H24BrN3O4S/c1-5-33-24(32)21-14(2)27-25-29(22(21)15-6-9-18(10-7-15)28(3)4)23(31)20(34-25)13-16-12-17(26)8-11-19(16)30/h6-13,22,30H,5H2,1-4H3/b20-13-/t22-/m0/s1. The van der Waals surface area contributed by atoms with Gasteiger partial charge in [-0.15, -0.1) is 0 Å². The van der Waals surface area contributed by atoms with Gasteiger partial charge >= 0.3 is 5.97 Å². The van der Waals surface area contributed by atoms with E-state index in [1.54, 1.807) is 38.1 Å². The maximum atomic E-state index is 13.6. The van der Waals surface area contributed by atoms with Gasteiger partial charge in [-0.3, -0.25) is 9.36 Å². The van der Waals surface area contributed by atoms with Crippen molar-refractivity contribution in [2.24, 2.45) is 4.99 Å². The SMILES string of the molecule is CCOC(=O)C1=C(C)N=c2s/c(=C\c3cc(Br)ccc3O)c(=O)n2[C@H]1c1ccc(N(C)C)cc1. The third kappa shape index (κ3) is 4.45.